The average Bonchev–Trinajstić information content (AvgIpc) is 3.32. The van der Waals surface area contributed by atoms with Crippen LogP contribution in [0.3, 0.4) is 0 Å². The third-order valence-electron chi connectivity index (χ3n) is 3.59. The van der Waals surface area contributed by atoms with Crippen LogP contribution in [-0.4, -0.2) is 22.6 Å². The van der Waals surface area contributed by atoms with Gasteiger partial charge in [0.2, 0.25) is 11.7 Å². The minimum absolute atomic E-state index is 0. The highest BCUT2D eigenvalue weighted by atomic mass is 127. The van der Waals surface area contributed by atoms with Crippen LogP contribution in [0.15, 0.2) is 51.3 Å². The van der Waals surface area contributed by atoms with Crippen LogP contribution in [0.1, 0.15) is 30.7 Å². The SMILES string of the molecule is CCNC(=NCc1nc(-c2cccc(Cl)c2)no1)NC(C)c1cccs1.I. The van der Waals surface area contributed by atoms with E-state index in [0.29, 0.717) is 29.2 Å². The summed E-state index contributed by atoms with van der Waals surface area (Å²) >= 11 is 7.72. The lowest BCUT2D eigenvalue weighted by atomic mass is 10.2. The van der Waals surface area contributed by atoms with Gasteiger partial charge in [-0.25, -0.2) is 4.99 Å². The van der Waals surface area contributed by atoms with Crippen LogP contribution in [-0.2, 0) is 6.54 Å². The standard InChI is InChI=1S/C18H20ClN5OS.HI/c1-3-20-18(22-12(2)15-8-5-9-26-15)21-11-16-23-17(24-25-16)13-6-4-7-14(19)10-13;/h4-10,12H,3,11H2,1-2H3,(H2,20,21,22);1H. The number of hydrogen-bond donors (Lipinski definition) is 2. The molecule has 0 spiro atoms. The molecule has 3 rings (SSSR count). The summed E-state index contributed by atoms with van der Waals surface area (Å²) in [6.45, 7) is 5.18. The van der Waals surface area contributed by atoms with Crippen molar-refractivity contribution >= 4 is 52.9 Å². The highest BCUT2D eigenvalue weighted by molar-refractivity contribution is 14.0. The lowest BCUT2D eigenvalue weighted by Crippen LogP contribution is -2.38. The van der Waals surface area contributed by atoms with Crippen molar-refractivity contribution in [2.24, 2.45) is 4.99 Å². The molecular weight excluding hydrogens is 497 g/mol. The maximum atomic E-state index is 6.01. The van der Waals surface area contributed by atoms with Crippen LogP contribution in [0.2, 0.25) is 5.02 Å². The van der Waals surface area contributed by atoms with E-state index in [1.807, 2.05) is 25.1 Å². The van der Waals surface area contributed by atoms with Gasteiger partial charge in [0, 0.05) is 22.0 Å². The third kappa shape index (κ3) is 6.18. The Labute approximate surface area is 184 Å². The van der Waals surface area contributed by atoms with Crippen LogP contribution in [0, 0.1) is 0 Å². The molecule has 0 saturated heterocycles. The molecule has 0 radical (unpaired) electrons. The normalized spacial score (nSPS) is 12.3. The van der Waals surface area contributed by atoms with Gasteiger partial charge in [-0.15, -0.1) is 35.3 Å². The zero-order chi connectivity index (χ0) is 18.4. The number of benzene rings is 1. The second-order valence-electron chi connectivity index (χ2n) is 5.60. The van der Waals surface area contributed by atoms with Crippen molar-refractivity contribution in [3.8, 4) is 11.4 Å². The maximum Gasteiger partial charge on any atom is 0.248 e. The smallest absolute Gasteiger partial charge is 0.248 e. The Morgan fingerprint density at radius 3 is 2.89 bits per heavy atom. The Balaban J connectivity index is 0.00000261. The number of halogens is 2. The molecule has 1 unspecified atom stereocenters. The van der Waals surface area contributed by atoms with Crippen LogP contribution in [0.25, 0.3) is 11.4 Å². The number of thiophene rings is 1. The van der Waals surface area contributed by atoms with Crippen molar-refractivity contribution in [3.05, 3.63) is 57.6 Å². The van der Waals surface area contributed by atoms with E-state index in [4.69, 9.17) is 16.1 Å². The Bertz CT molecular complexity index is 868. The predicted octanol–water partition coefficient (Wildman–Crippen LogP) is 4.89. The minimum atomic E-state index is 0. The van der Waals surface area contributed by atoms with Crippen molar-refractivity contribution in [1.29, 1.82) is 0 Å². The summed E-state index contributed by atoms with van der Waals surface area (Å²) in [4.78, 5) is 10.2. The molecule has 2 N–H and O–H groups in total. The second kappa shape index (κ2) is 10.6. The number of aromatic nitrogens is 2. The summed E-state index contributed by atoms with van der Waals surface area (Å²) in [5.41, 5.74) is 0.813. The van der Waals surface area contributed by atoms with Crippen LogP contribution >= 0.6 is 46.9 Å². The topological polar surface area (TPSA) is 75.3 Å². The van der Waals surface area contributed by atoms with Gasteiger partial charge >= 0.3 is 0 Å². The zero-order valence-electron chi connectivity index (χ0n) is 15.0. The molecule has 2 heterocycles. The van der Waals surface area contributed by atoms with Gasteiger partial charge in [0.1, 0.15) is 6.54 Å². The Morgan fingerprint density at radius 1 is 1.33 bits per heavy atom. The fourth-order valence-electron chi connectivity index (χ4n) is 2.34. The molecule has 0 aliphatic heterocycles. The van der Waals surface area contributed by atoms with Gasteiger partial charge in [-0.1, -0.05) is 35.0 Å². The molecule has 9 heteroatoms. The van der Waals surface area contributed by atoms with Gasteiger partial charge in [-0.2, -0.15) is 4.98 Å². The van der Waals surface area contributed by atoms with E-state index in [0.717, 1.165) is 12.1 Å². The van der Waals surface area contributed by atoms with Crippen molar-refractivity contribution < 1.29 is 4.52 Å². The number of nitrogens with zero attached hydrogens (tertiary/aromatic N) is 3. The molecule has 2 aromatic heterocycles. The third-order valence-corrected chi connectivity index (χ3v) is 4.88. The number of aliphatic imine (C=N–C) groups is 1. The Kier molecular flexibility index (Phi) is 8.52. The maximum absolute atomic E-state index is 6.01. The fourth-order valence-corrected chi connectivity index (χ4v) is 3.27. The first-order valence-corrected chi connectivity index (χ1v) is 9.58. The summed E-state index contributed by atoms with van der Waals surface area (Å²) < 4.78 is 5.30. The highest BCUT2D eigenvalue weighted by Gasteiger charge is 2.11. The molecule has 0 aliphatic carbocycles. The van der Waals surface area contributed by atoms with Crippen molar-refractivity contribution in [3.63, 3.8) is 0 Å². The van der Waals surface area contributed by atoms with Gasteiger partial charge in [-0.3, -0.25) is 0 Å². The summed E-state index contributed by atoms with van der Waals surface area (Å²) in [6, 6.07) is 11.6. The van der Waals surface area contributed by atoms with E-state index in [2.05, 4.69) is 44.1 Å². The molecule has 0 fully saturated rings. The molecule has 1 aromatic carbocycles. The summed E-state index contributed by atoms with van der Waals surface area (Å²) in [5.74, 6) is 1.65. The van der Waals surface area contributed by atoms with Crippen molar-refractivity contribution in [2.45, 2.75) is 26.4 Å². The van der Waals surface area contributed by atoms with E-state index in [1.165, 1.54) is 4.88 Å². The van der Waals surface area contributed by atoms with Crippen molar-refractivity contribution in [2.75, 3.05) is 6.54 Å². The van der Waals surface area contributed by atoms with Gasteiger partial charge in [-0.05, 0) is 37.4 Å². The predicted molar refractivity (Wildman–Crippen MR) is 121 cm³/mol. The van der Waals surface area contributed by atoms with E-state index in [1.54, 1.807) is 23.5 Å². The van der Waals surface area contributed by atoms with E-state index in [-0.39, 0.29) is 30.0 Å². The minimum Gasteiger partial charge on any atom is -0.357 e. The second-order valence-corrected chi connectivity index (χ2v) is 7.01. The molecule has 3 aromatic rings. The lowest BCUT2D eigenvalue weighted by Gasteiger charge is -2.16. The Hall–Kier alpha value is -1.65. The number of rotatable bonds is 6. The lowest BCUT2D eigenvalue weighted by molar-refractivity contribution is 0.380. The molecule has 0 aliphatic rings. The molecule has 6 nitrogen and oxygen atoms in total. The number of guanidine groups is 1. The summed E-state index contributed by atoms with van der Waals surface area (Å²) in [6.07, 6.45) is 0. The summed E-state index contributed by atoms with van der Waals surface area (Å²) in [5, 5.41) is 13.3. The van der Waals surface area contributed by atoms with Gasteiger partial charge in [0.15, 0.2) is 5.96 Å². The molecule has 0 bridgehead atoms. The monoisotopic (exact) mass is 517 g/mol. The molecule has 0 saturated carbocycles. The van der Waals surface area contributed by atoms with E-state index < -0.39 is 0 Å². The van der Waals surface area contributed by atoms with E-state index >= 15 is 0 Å². The average molecular weight is 518 g/mol. The van der Waals surface area contributed by atoms with Crippen molar-refractivity contribution in [1.82, 2.24) is 20.8 Å². The largest absolute Gasteiger partial charge is 0.357 e. The fraction of sp³-hybridized carbons (Fsp3) is 0.278. The first kappa shape index (κ1) is 21.6. The van der Waals surface area contributed by atoms with Gasteiger partial charge in [0.05, 0.1) is 6.04 Å². The first-order valence-electron chi connectivity index (χ1n) is 8.32. The van der Waals surface area contributed by atoms with Crippen LogP contribution in [0.4, 0.5) is 0 Å². The molecule has 27 heavy (non-hydrogen) atoms. The zero-order valence-corrected chi connectivity index (χ0v) is 18.9. The van der Waals surface area contributed by atoms with Gasteiger partial charge < -0.3 is 15.2 Å². The molecule has 0 amide bonds. The highest BCUT2D eigenvalue weighted by Crippen LogP contribution is 2.20. The van der Waals surface area contributed by atoms with E-state index in [9.17, 15) is 0 Å². The summed E-state index contributed by atoms with van der Waals surface area (Å²) in [7, 11) is 0. The first-order chi connectivity index (χ1) is 12.7. The molecular formula is C18H21ClIN5OS. The van der Waals surface area contributed by atoms with Crippen LogP contribution < -0.4 is 10.6 Å². The number of nitrogens with one attached hydrogen (secondary N) is 2. The quantitative estimate of drug-likeness (QED) is 0.277. The Morgan fingerprint density at radius 2 is 2.19 bits per heavy atom. The number of hydrogen-bond acceptors (Lipinski definition) is 5. The van der Waals surface area contributed by atoms with Crippen LogP contribution in [0.5, 0.6) is 0 Å². The molecule has 1 atom stereocenters. The molecule has 144 valence electrons. The van der Waals surface area contributed by atoms with Gasteiger partial charge in [0.25, 0.3) is 0 Å².